The van der Waals surface area contributed by atoms with Crippen LogP contribution in [0.4, 0.5) is 0 Å². The first-order valence-electron chi connectivity index (χ1n) is 7.12. The van der Waals surface area contributed by atoms with Crippen LogP contribution in [-0.4, -0.2) is 43.6 Å². The predicted molar refractivity (Wildman–Crippen MR) is 78.4 cm³/mol. The van der Waals surface area contributed by atoms with E-state index in [9.17, 15) is 9.59 Å². The molecule has 1 heterocycles. The molecular formula is C16H21NO4. The Hall–Kier alpha value is -2.04. The van der Waals surface area contributed by atoms with Gasteiger partial charge in [-0.25, -0.2) is 4.79 Å². The number of hydrogen-bond acceptors (Lipinski definition) is 4. The maximum Gasteiger partial charge on any atom is 0.328 e. The zero-order valence-electron chi connectivity index (χ0n) is 12.7. The van der Waals surface area contributed by atoms with Crippen LogP contribution >= 0.6 is 0 Å². The van der Waals surface area contributed by atoms with E-state index in [0.29, 0.717) is 24.3 Å². The highest BCUT2D eigenvalue weighted by Crippen LogP contribution is 2.26. The average Bonchev–Trinajstić information content (AvgIpc) is 2.53. The van der Waals surface area contributed by atoms with Gasteiger partial charge in [0.15, 0.2) is 0 Å². The number of methoxy groups -OCH3 is 2. The summed E-state index contributed by atoms with van der Waals surface area (Å²) >= 11 is 0. The van der Waals surface area contributed by atoms with E-state index in [1.807, 2.05) is 13.0 Å². The van der Waals surface area contributed by atoms with Crippen LogP contribution in [0.1, 0.15) is 35.2 Å². The fourth-order valence-corrected chi connectivity index (χ4v) is 2.70. The molecule has 0 saturated carbocycles. The summed E-state index contributed by atoms with van der Waals surface area (Å²) < 4.78 is 10.1. The molecule has 0 radical (unpaired) electrons. The predicted octanol–water partition coefficient (Wildman–Crippen LogP) is 2.17. The summed E-state index contributed by atoms with van der Waals surface area (Å²) in [6, 6.07) is 4.97. The van der Waals surface area contributed by atoms with E-state index in [0.717, 1.165) is 18.4 Å². The van der Waals surface area contributed by atoms with E-state index in [4.69, 9.17) is 9.47 Å². The van der Waals surface area contributed by atoms with Crippen LogP contribution in [-0.2, 0) is 9.53 Å². The molecule has 2 rings (SSSR count). The maximum atomic E-state index is 12.8. The van der Waals surface area contributed by atoms with Gasteiger partial charge in [0, 0.05) is 6.54 Å². The molecule has 0 unspecified atom stereocenters. The van der Waals surface area contributed by atoms with Crippen molar-refractivity contribution in [3.8, 4) is 5.75 Å². The Morgan fingerprint density at radius 1 is 1.24 bits per heavy atom. The lowest BCUT2D eigenvalue weighted by atomic mass is 10.00. The fourth-order valence-electron chi connectivity index (χ4n) is 2.70. The molecule has 0 bridgehead atoms. The van der Waals surface area contributed by atoms with Crippen molar-refractivity contribution in [2.24, 2.45) is 0 Å². The number of ether oxygens (including phenoxy) is 2. The van der Waals surface area contributed by atoms with Crippen molar-refractivity contribution in [3.63, 3.8) is 0 Å². The average molecular weight is 291 g/mol. The van der Waals surface area contributed by atoms with Crippen LogP contribution in [0.15, 0.2) is 18.2 Å². The van der Waals surface area contributed by atoms with Gasteiger partial charge in [0.05, 0.1) is 19.8 Å². The van der Waals surface area contributed by atoms with Gasteiger partial charge in [-0.2, -0.15) is 0 Å². The molecule has 1 aromatic carbocycles. The number of esters is 1. The second-order valence-electron chi connectivity index (χ2n) is 5.24. The van der Waals surface area contributed by atoms with E-state index in [-0.39, 0.29) is 11.9 Å². The lowest BCUT2D eigenvalue weighted by Crippen LogP contribution is -2.48. The van der Waals surface area contributed by atoms with Crippen molar-refractivity contribution >= 4 is 11.9 Å². The van der Waals surface area contributed by atoms with E-state index in [2.05, 4.69) is 0 Å². The number of carbonyl (C=O) groups excluding carboxylic acids is 2. The Morgan fingerprint density at radius 3 is 2.67 bits per heavy atom. The first kappa shape index (κ1) is 15.4. The largest absolute Gasteiger partial charge is 0.496 e. The molecule has 5 nitrogen and oxygen atoms in total. The molecule has 21 heavy (non-hydrogen) atoms. The van der Waals surface area contributed by atoms with Crippen LogP contribution in [0.25, 0.3) is 0 Å². The van der Waals surface area contributed by atoms with Crippen molar-refractivity contribution in [2.75, 3.05) is 20.8 Å². The van der Waals surface area contributed by atoms with E-state index < -0.39 is 6.04 Å². The highest BCUT2D eigenvalue weighted by atomic mass is 16.5. The second kappa shape index (κ2) is 6.61. The maximum absolute atomic E-state index is 12.8. The van der Waals surface area contributed by atoms with Gasteiger partial charge >= 0.3 is 5.97 Å². The standard InChI is InChI=1S/C16H21NO4/c1-11-7-8-14(20-2)12(10-11)15(18)17-9-5-4-6-13(17)16(19)21-3/h7-8,10,13H,4-6,9H2,1-3H3/t13-/m1/s1. The minimum Gasteiger partial charge on any atom is -0.496 e. The molecule has 0 N–H and O–H groups in total. The third-order valence-electron chi connectivity index (χ3n) is 3.82. The SMILES string of the molecule is COC(=O)[C@H]1CCCCN1C(=O)c1cc(C)ccc1OC. The monoisotopic (exact) mass is 291 g/mol. The summed E-state index contributed by atoms with van der Waals surface area (Å²) in [6.07, 6.45) is 2.47. The third kappa shape index (κ3) is 3.17. The van der Waals surface area contributed by atoms with Gasteiger partial charge in [0.2, 0.25) is 0 Å². The molecule has 0 aliphatic carbocycles. The number of hydrogen-bond donors (Lipinski definition) is 0. The molecule has 1 saturated heterocycles. The molecular weight excluding hydrogens is 270 g/mol. The van der Waals surface area contributed by atoms with Gasteiger partial charge < -0.3 is 14.4 Å². The van der Waals surface area contributed by atoms with Crippen LogP contribution in [0, 0.1) is 6.92 Å². The fraction of sp³-hybridized carbons (Fsp3) is 0.500. The molecule has 1 aromatic rings. The molecule has 1 fully saturated rings. The lowest BCUT2D eigenvalue weighted by Gasteiger charge is -2.34. The topological polar surface area (TPSA) is 55.8 Å². The third-order valence-corrected chi connectivity index (χ3v) is 3.82. The Labute approximate surface area is 124 Å². The van der Waals surface area contributed by atoms with E-state index >= 15 is 0 Å². The zero-order valence-corrected chi connectivity index (χ0v) is 12.7. The van der Waals surface area contributed by atoms with Gasteiger partial charge in [0.1, 0.15) is 11.8 Å². The number of benzene rings is 1. The zero-order chi connectivity index (χ0) is 15.4. The van der Waals surface area contributed by atoms with Gasteiger partial charge in [-0.3, -0.25) is 4.79 Å². The number of aryl methyl sites for hydroxylation is 1. The number of nitrogens with zero attached hydrogens (tertiary/aromatic N) is 1. The van der Waals surface area contributed by atoms with Crippen LogP contribution in [0.3, 0.4) is 0 Å². The van der Waals surface area contributed by atoms with E-state index in [1.165, 1.54) is 14.2 Å². The molecule has 1 atom stereocenters. The molecule has 0 aromatic heterocycles. The van der Waals surface area contributed by atoms with Gasteiger partial charge in [-0.1, -0.05) is 11.6 Å². The van der Waals surface area contributed by atoms with Crippen molar-refractivity contribution in [1.29, 1.82) is 0 Å². The van der Waals surface area contributed by atoms with Crippen molar-refractivity contribution < 1.29 is 19.1 Å². The Morgan fingerprint density at radius 2 is 2.00 bits per heavy atom. The summed E-state index contributed by atoms with van der Waals surface area (Å²) in [6.45, 7) is 2.49. The van der Waals surface area contributed by atoms with E-state index in [1.54, 1.807) is 17.0 Å². The number of likely N-dealkylation sites (tertiary alicyclic amines) is 1. The van der Waals surface area contributed by atoms with Crippen molar-refractivity contribution in [3.05, 3.63) is 29.3 Å². The van der Waals surface area contributed by atoms with Crippen molar-refractivity contribution in [2.45, 2.75) is 32.2 Å². The quantitative estimate of drug-likeness (QED) is 0.801. The minimum absolute atomic E-state index is 0.175. The molecule has 114 valence electrons. The van der Waals surface area contributed by atoms with Crippen LogP contribution in [0.2, 0.25) is 0 Å². The summed E-state index contributed by atoms with van der Waals surface area (Å²) in [5, 5.41) is 0. The molecule has 1 aliphatic heterocycles. The first-order valence-corrected chi connectivity index (χ1v) is 7.12. The molecule has 1 aliphatic rings. The highest BCUT2D eigenvalue weighted by molar-refractivity contribution is 5.99. The van der Waals surface area contributed by atoms with Crippen LogP contribution in [0.5, 0.6) is 5.75 Å². The van der Waals surface area contributed by atoms with Gasteiger partial charge in [-0.15, -0.1) is 0 Å². The van der Waals surface area contributed by atoms with Gasteiger partial charge in [0.25, 0.3) is 5.91 Å². The number of amides is 1. The first-order chi connectivity index (χ1) is 10.1. The minimum atomic E-state index is -0.499. The van der Waals surface area contributed by atoms with Crippen LogP contribution < -0.4 is 4.74 Å². The second-order valence-corrected chi connectivity index (χ2v) is 5.24. The normalized spacial score (nSPS) is 18.2. The Bertz CT molecular complexity index is 541. The molecule has 1 amide bonds. The number of piperidine rings is 1. The lowest BCUT2D eigenvalue weighted by molar-refractivity contribution is -0.147. The summed E-state index contributed by atoms with van der Waals surface area (Å²) in [7, 11) is 2.89. The molecule has 0 spiro atoms. The highest BCUT2D eigenvalue weighted by Gasteiger charge is 2.34. The molecule has 5 heteroatoms. The summed E-state index contributed by atoms with van der Waals surface area (Å²) in [5.74, 6) is 0.000101. The Kier molecular flexibility index (Phi) is 4.83. The summed E-state index contributed by atoms with van der Waals surface area (Å²) in [5.41, 5.74) is 1.47. The van der Waals surface area contributed by atoms with Gasteiger partial charge in [-0.05, 0) is 38.3 Å². The Balaban J connectivity index is 2.33. The number of carbonyl (C=O) groups is 2. The number of rotatable bonds is 3. The summed E-state index contributed by atoms with van der Waals surface area (Å²) in [4.78, 5) is 26.3. The smallest absolute Gasteiger partial charge is 0.328 e. The van der Waals surface area contributed by atoms with Crippen molar-refractivity contribution in [1.82, 2.24) is 4.90 Å².